The molecule has 2 aromatic rings. The first-order valence-corrected chi connectivity index (χ1v) is 16.1. The van der Waals surface area contributed by atoms with Gasteiger partial charge in [-0.05, 0) is 41.7 Å². The number of methoxy groups -OCH3 is 1. The van der Waals surface area contributed by atoms with Crippen LogP contribution in [0.15, 0.2) is 60.7 Å². The summed E-state index contributed by atoms with van der Waals surface area (Å²) in [6, 6.07) is 12.6. The first-order valence-electron chi connectivity index (χ1n) is 15.7. The van der Waals surface area contributed by atoms with Crippen molar-refractivity contribution in [3.63, 3.8) is 0 Å². The molecule has 0 radical (unpaired) electrons. The highest BCUT2D eigenvalue weighted by molar-refractivity contribution is 6.32. The summed E-state index contributed by atoms with van der Waals surface area (Å²) in [5.74, 6) is -3.89. The van der Waals surface area contributed by atoms with Crippen LogP contribution in [-0.4, -0.2) is 72.0 Å². The minimum atomic E-state index is -1.35. The Hall–Kier alpha value is -3.93. The van der Waals surface area contributed by atoms with E-state index < -0.39 is 66.0 Å². The first kappa shape index (κ1) is 37.5. The molecule has 12 heteroatoms. The summed E-state index contributed by atoms with van der Waals surface area (Å²) in [6.07, 6.45) is -1.99. The maximum absolute atomic E-state index is 13.4. The molecule has 0 aliphatic carbocycles. The molecule has 7 atom stereocenters. The maximum atomic E-state index is 13.4. The Kier molecular flexibility index (Phi) is 14.2. The van der Waals surface area contributed by atoms with Crippen molar-refractivity contribution in [2.45, 2.75) is 77.4 Å². The lowest BCUT2D eigenvalue weighted by molar-refractivity contribution is -0.178. The molecule has 47 heavy (non-hydrogen) atoms. The van der Waals surface area contributed by atoms with E-state index >= 15 is 0 Å². The number of cyclic esters (lactones) is 2. The summed E-state index contributed by atoms with van der Waals surface area (Å²) in [5.41, 5.74) is 1.13. The van der Waals surface area contributed by atoms with Gasteiger partial charge in [-0.25, -0.2) is 4.79 Å². The van der Waals surface area contributed by atoms with E-state index in [2.05, 4.69) is 10.6 Å². The first-order chi connectivity index (χ1) is 22.3. The molecule has 11 nitrogen and oxygen atoms in total. The largest absolute Gasteiger partial charge is 0.495 e. The maximum Gasteiger partial charge on any atom is 0.347 e. The fraction of sp³-hybridized carbons (Fsp3) is 0.486. The minimum absolute atomic E-state index is 0.0252. The average Bonchev–Trinajstić information content (AvgIpc) is 3.04. The van der Waals surface area contributed by atoms with Crippen LogP contribution in [0, 0.1) is 17.8 Å². The predicted octanol–water partition coefficient (Wildman–Crippen LogP) is 3.69. The molecule has 0 spiro atoms. The number of hydrogen-bond donors (Lipinski definition) is 4. The summed E-state index contributed by atoms with van der Waals surface area (Å²) in [7, 11) is 1.48. The number of halogens is 1. The number of hydrogen-bond acceptors (Lipinski definition) is 9. The molecule has 1 heterocycles. The molecule has 0 fully saturated rings. The van der Waals surface area contributed by atoms with E-state index in [1.54, 1.807) is 62.4 Å². The molecular weight excluding hydrogens is 628 g/mol. The lowest BCUT2D eigenvalue weighted by Crippen LogP contribution is -2.49. The smallest absolute Gasteiger partial charge is 0.347 e. The van der Waals surface area contributed by atoms with Crippen molar-refractivity contribution in [2.24, 2.45) is 17.8 Å². The van der Waals surface area contributed by atoms with Gasteiger partial charge in [0.05, 0.1) is 24.2 Å². The van der Waals surface area contributed by atoms with Crippen LogP contribution < -0.4 is 15.4 Å². The quantitative estimate of drug-likeness (QED) is 0.291. The van der Waals surface area contributed by atoms with Crippen LogP contribution in [0.25, 0.3) is 0 Å². The Morgan fingerprint density at radius 3 is 2.34 bits per heavy atom. The number of carbonyl (C=O) groups is 4. The van der Waals surface area contributed by atoms with Gasteiger partial charge in [-0.2, -0.15) is 0 Å². The molecule has 0 saturated carbocycles. The number of benzene rings is 2. The number of rotatable bonds is 9. The zero-order chi connectivity index (χ0) is 34.7. The number of aliphatic hydroxyl groups excluding tert-OH is 2. The van der Waals surface area contributed by atoms with Crippen molar-refractivity contribution in [2.75, 3.05) is 13.7 Å². The zero-order valence-corrected chi connectivity index (χ0v) is 28.1. The van der Waals surface area contributed by atoms with Crippen molar-refractivity contribution in [1.82, 2.24) is 10.6 Å². The molecule has 1 unspecified atom stereocenters. The Bertz CT molecular complexity index is 1400. The molecule has 0 bridgehead atoms. The third-order valence-electron chi connectivity index (χ3n) is 7.98. The number of aliphatic hydroxyl groups is 2. The van der Waals surface area contributed by atoms with Gasteiger partial charge in [0.15, 0.2) is 6.10 Å². The topological polar surface area (TPSA) is 160 Å². The second kappa shape index (κ2) is 17.8. The molecule has 2 amide bonds. The molecule has 3 rings (SSSR count). The molecule has 2 aromatic carbocycles. The van der Waals surface area contributed by atoms with E-state index in [9.17, 15) is 29.4 Å². The number of ether oxygens (including phenoxy) is 3. The van der Waals surface area contributed by atoms with Gasteiger partial charge < -0.3 is 35.1 Å². The Balaban J connectivity index is 1.92. The second-order valence-corrected chi connectivity index (χ2v) is 12.7. The fourth-order valence-corrected chi connectivity index (χ4v) is 5.38. The van der Waals surface area contributed by atoms with E-state index in [0.717, 1.165) is 0 Å². The Labute approximate surface area is 280 Å². The van der Waals surface area contributed by atoms with E-state index in [-0.39, 0.29) is 31.7 Å². The lowest BCUT2D eigenvalue weighted by atomic mass is 9.89. The van der Waals surface area contributed by atoms with Gasteiger partial charge in [0.1, 0.15) is 24.0 Å². The van der Waals surface area contributed by atoms with Crippen LogP contribution >= 0.6 is 11.6 Å². The third kappa shape index (κ3) is 11.1. The van der Waals surface area contributed by atoms with E-state index in [4.69, 9.17) is 25.8 Å². The molecule has 0 saturated heterocycles. The van der Waals surface area contributed by atoms with Crippen LogP contribution in [0.3, 0.4) is 0 Å². The summed E-state index contributed by atoms with van der Waals surface area (Å²) in [6.45, 7) is 6.78. The average molecular weight is 673 g/mol. The van der Waals surface area contributed by atoms with Gasteiger partial charge in [0.2, 0.25) is 11.8 Å². The van der Waals surface area contributed by atoms with Crippen molar-refractivity contribution in [3.8, 4) is 5.75 Å². The van der Waals surface area contributed by atoms with E-state index in [1.165, 1.54) is 19.3 Å². The monoisotopic (exact) mass is 672 g/mol. The Morgan fingerprint density at radius 1 is 1.00 bits per heavy atom. The highest BCUT2D eigenvalue weighted by atomic mass is 35.5. The minimum Gasteiger partial charge on any atom is -0.495 e. The van der Waals surface area contributed by atoms with Gasteiger partial charge >= 0.3 is 11.9 Å². The van der Waals surface area contributed by atoms with Gasteiger partial charge in [-0.1, -0.05) is 81.8 Å². The van der Waals surface area contributed by atoms with Crippen molar-refractivity contribution >= 4 is 35.4 Å². The van der Waals surface area contributed by atoms with E-state index in [1.807, 2.05) is 13.8 Å². The van der Waals surface area contributed by atoms with Crippen LogP contribution in [0.2, 0.25) is 5.02 Å². The molecule has 256 valence electrons. The van der Waals surface area contributed by atoms with Gasteiger partial charge in [-0.15, -0.1) is 0 Å². The van der Waals surface area contributed by atoms with Crippen LogP contribution in [0.5, 0.6) is 5.75 Å². The third-order valence-corrected chi connectivity index (χ3v) is 8.27. The normalized spacial score (nSPS) is 24.3. The zero-order valence-electron chi connectivity index (χ0n) is 27.4. The standard InChI is InChI=1S/C35H45ClN2O9/c1-20(2)16-29-35(44)46-27(22(4)31(40)32(41)24-10-7-6-8-11-24)12-9-13-30(39)38-26(33(42)37-19-21(3)34(43)47-29)18-23-14-15-28(45-5)25(36)17-23/h6-11,13-15,17,20-22,26-27,29,31-32,40-41H,12,16,18-19H2,1-5H3,(H,37,42)(H,38,39)/b13-9+/t21-,22+,26?,27+,29+,31-,32-/m1/s1. The van der Waals surface area contributed by atoms with Gasteiger partial charge in [-0.3, -0.25) is 14.4 Å². The van der Waals surface area contributed by atoms with Crippen LogP contribution in [-0.2, 0) is 35.1 Å². The molecule has 0 aromatic heterocycles. The lowest BCUT2D eigenvalue weighted by Gasteiger charge is -2.31. The molecular formula is C35H45ClN2O9. The summed E-state index contributed by atoms with van der Waals surface area (Å²) in [5, 5.41) is 27.7. The summed E-state index contributed by atoms with van der Waals surface area (Å²) < 4.78 is 16.6. The van der Waals surface area contributed by atoms with Crippen molar-refractivity contribution in [3.05, 3.63) is 76.8 Å². The van der Waals surface area contributed by atoms with Gasteiger partial charge in [0.25, 0.3) is 0 Å². The predicted molar refractivity (Wildman–Crippen MR) is 175 cm³/mol. The molecule has 4 N–H and O–H groups in total. The highest BCUT2D eigenvalue weighted by Gasteiger charge is 2.36. The van der Waals surface area contributed by atoms with Crippen LogP contribution in [0.1, 0.15) is 57.8 Å². The number of nitrogens with one attached hydrogen (secondary N) is 2. The van der Waals surface area contributed by atoms with Crippen LogP contribution in [0.4, 0.5) is 0 Å². The van der Waals surface area contributed by atoms with Crippen molar-refractivity contribution in [1.29, 1.82) is 0 Å². The van der Waals surface area contributed by atoms with Crippen molar-refractivity contribution < 1.29 is 43.6 Å². The summed E-state index contributed by atoms with van der Waals surface area (Å²) >= 11 is 6.28. The van der Waals surface area contributed by atoms with E-state index in [0.29, 0.717) is 21.9 Å². The SMILES string of the molecule is COc1ccc(CC2NC(=O)/C=C/C[C@@H]([C@H](C)[C@@H](O)[C@H](O)c3ccccc3)OC(=O)[C@H](CC(C)C)OC(=O)[C@H](C)CNC2=O)cc1Cl. The Morgan fingerprint density at radius 2 is 1.70 bits per heavy atom. The molecule has 1 aliphatic heterocycles. The number of amides is 2. The van der Waals surface area contributed by atoms with Gasteiger partial charge in [0, 0.05) is 25.3 Å². The fourth-order valence-electron chi connectivity index (χ4n) is 5.10. The molecule has 1 aliphatic rings. The highest BCUT2D eigenvalue weighted by Crippen LogP contribution is 2.28. The summed E-state index contributed by atoms with van der Waals surface area (Å²) in [4.78, 5) is 52.9. The number of esters is 2. The number of carbonyl (C=O) groups excluding carboxylic acids is 4. The second-order valence-electron chi connectivity index (χ2n) is 12.3.